The van der Waals surface area contributed by atoms with E-state index < -0.39 is 0 Å². The van der Waals surface area contributed by atoms with E-state index in [2.05, 4.69) is 12.2 Å². The molecular formula is C21H29ClN2O3. The molecule has 0 spiro atoms. The molecule has 0 fully saturated rings. The van der Waals surface area contributed by atoms with Gasteiger partial charge < -0.3 is 21.3 Å². The summed E-state index contributed by atoms with van der Waals surface area (Å²) in [6.07, 6.45) is 3.80. The predicted octanol–water partition coefficient (Wildman–Crippen LogP) is 5.14. The first-order valence-corrected chi connectivity index (χ1v) is 9.39. The molecule has 148 valence electrons. The van der Waals surface area contributed by atoms with Crippen molar-refractivity contribution in [1.29, 1.82) is 0 Å². The number of carbonyl (C=O) groups excluding carboxylic acids is 1. The van der Waals surface area contributed by atoms with Crippen LogP contribution in [0.2, 0.25) is 5.02 Å². The van der Waals surface area contributed by atoms with E-state index >= 15 is 0 Å². The Hall–Kier alpha value is -2.24. The maximum atomic E-state index is 12.5. The third-order valence-corrected chi connectivity index (χ3v) is 4.46. The maximum Gasteiger partial charge on any atom is 0.255 e. The van der Waals surface area contributed by atoms with Crippen LogP contribution in [0.1, 0.15) is 49.0 Å². The number of hydrogen-bond acceptors (Lipinski definition) is 4. The first-order chi connectivity index (χ1) is 12.5. The van der Waals surface area contributed by atoms with Crippen LogP contribution in [-0.4, -0.2) is 23.7 Å². The van der Waals surface area contributed by atoms with Gasteiger partial charge in [-0.15, -0.1) is 0 Å². The zero-order valence-electron chi connectivity index (χ0n) is 16.0. The first kappa shape index (κ1) is 22.8. The van der Waals surface area contributed by atoms with Crippen LogP contribution in [0.15, 0.2) is 42.5 Å². The average Bonchev–Trinajstić information content (AvgIpc) is 2.62. The lowest BCUT2D eigenvalue weighted by Crippen LogP contribution is -2.34. The van der Waals surface area contributed by atoms with Crippen molar-refractivity contribution in [2.75, 3.05) is 6.61 Å². The van der Waals surface area contributed by atoms with Gasteiger partial charge in [-0.1, -0.05) is 61.7 Å². The van der Waals surface area contributed by atoms with E-state index in [0.717, 1.165) is 24.8 Å². The second kappa shape index (κ2) is 11.5. The van der Waals surface area contributed by atoms with Crippen LogP contribution in [-0.2, 0) is 6.42 Å². The number of carbonyl (C=O) groups is 1. The number of amides is 1. The molecule has 6 heteroatoms. The van der Waals surface area contributed by atoms with Crippen LogP contribution < -0.4 is 16.2 Å². The summed E-state index contributed by atoms with van der Waals surface area (Å²) in [5.41, 5.74) is 1.29. The number of halogens is 1. The van der Waals surface area contributed by atoms with Crippen molar-refractivity contribution in [2.45, 2.75) is 45.6 Å². The molecule has 2 rings (SSSR count). The number of hydrogen-bond donors (Lipinski definition) is 3. The molecule has 1 amide bonds. The fourth-order valence-electron chi connectivity index (χ4n) is 2.70. The highest BCUT2D eigenvalue weighted by Crippen LogP contribution is 2.36. The van der Waals surface area contributed by atoms with Gasteiger partial charge in [0.1, 0.15) is 10.8 Å². The van der Waals surface area contributed by atoms with E-state index in [0.29, 0.717) is 18.8 Å². The monoisotopic (exact) mass is 392 g/mol. The molecule has 1 atom stereocenters. The number of nitrogens with one attached hydrogen (secondary N) is 1. The van der Waals surface area contributed by atoms with Crippen LogP contribution in [0.3, 0.4) is 0 Å². The van der Waals surface area contributed by atoms with Crippen molar-refractivity contribution in [1.82, 2.24) is 11.5 Å². The number of benzene rings is 2. The number of aromatic hydroxyl groups is 1. The summed E-state index contributed by atoms with van der Waals surface area (Å²) >= 11 is 6.17. The lowest BCUT2D eigenvalue weighted by atomic mass is 10.1. The van der Waals surface area contributed by atoms with Gasteiger partial charge in [0.05, 0.1) is 12.2 Å². The van der Waals surface area contributed by atoms with Crippen molar-refractivity contribution >= 4 is 17.5 Å². The number of phenols is 1. The zero-order valence-corrected chi connectivity index (χ0v) is 16.8. The molecule has 0 radical (unpaired) electrons. The third kappa shape index (κ3) is 6.77. The Labute approximate surface area is 166 Å². The van der Waals surface area contributed by atoms with Crippen molar-refractivity contribution < 1.29 is 14.6 Å². The smallest absolute Gasteiger partial charge is 0.255 e. The van der Waals surface area contributed by atoms with Gasteiger partial charge in [0.25, 0.3) is 5.91 Å². The Bertz CT molecular complexity index is 723. The second-order valence-corrected chi connectivity index (χ2v) is 6.77. The van der Waals surface area contributed by atoms with E-state index in [4.69, 9.17) is 16.3 Å². The van der Waals surface area contributed by atoms with E-state index in [1.807, 2.05) is 37.3 Å². The lowest BCUT2D eigenvalue weighted by Gasteiger charge is -2.16. The Morgan fingerprint density at radius 3 is 2.56 bits per heavy atom. The molecule has 5 nitrogen and oxygen atoms in total. The Morgan fingerprint density at radius 2 is 1.89 bits per heavy atom. The van der Waals surface area contributed by atoms with Gasteiger partial charge in [-0.2, -0.15) is 0 Å². The summed E-state index contributed by atoms with van der Waals surface area (Å²) in [6, 6.07) is 13.0. The molecule has 0 aliphatic carbocycles. The molecular weight excluding hydrogens is 364 g/mol. The summed E-state index contributed by atoms with van der Waals surface area (Å²) in [4.78, 5) is 12.5. The number of phenolic OH excluding ortho intramolecular Hbond substituents is 1. The number of rotatable bonds is 9. The summed E-state index contributed by atoms with van der Waals surface area (Å²) in [5, 5.41) is 13.2. The number of ether oxygens (including phenoxy) is 1. The minimum absolute atomic E-state index is 0. The van der Waals surface area contributed by atoms with Crippen LogP contribution in [0.25, 0.3) is 0 Å². The van der Waals surface area contributed by atoms with Crippen molar-refractivity contribution in [2.24, 2.45) is 0 Å². The molecule has 27 heavy (non-hydrogen) atoms. The maximum absolute atomic E-state index is 12.5. The average molecular weight is 393 g/mol. The van der Waals surface area contributed by atoms with Gasteiger partial charge in [-0.3, -0.25) is 4.79 Å². The molecule has 0 heterocycles. The minimum atomic E-state index is -0.356. The van der Waals surface area contributed by atoms with Crippen LogP contribution >= 0.6 is 11.6 Å². The largest absolute Gasteiger partial charge is 0.505 e. The predicted molar refractivity (Wildman–Crippen MR) is 110 cm³/mol. The SMILES string of the molecule is CCCCCOc1ccc(C(=O)N[C@H](C)Cc2ccccc2)c(O)c1Cl.N. The highest BCUT2D eigenvalue weighted by atomic mass is 35.5. The molecule has 0 aliphatic rings. The molecule has 5 N–H and O–H groups in total. The van der Waals surface area contributed by atoms with E-state index in [-0.39, 0.29) is 34.4 Å². The minimum Gasteiger partial charge on any atom is -0.505 e. The zero-order chi connectivity index (χ0) is 18.9. The van der Waals surface area contributed by atoms with Gasteiger partial charge in [0.15, 0.2) is 5.75 Å². The highest BCUT2D eigenvalue weighted by Gasteiger charge is 2.19. The van der Waals surface area contributed by atoms with E-state index in [1.165, 1.54) is 0 Å². The fourth-order valence-corrected chi connectivity index (χ4v) is 2.91. The summed E-state index contributed by atoms with van der Waals surface area (Å²) in [7, 11) is 0. The second-order valence-electron chi connectivity index (χ2n) is 6.39. The third-order valence-electron chi connectivity index (χ3n) is 4.09. The normalized spacial score (nSPS) is 11.4. The molecule has 0 unspecified atom stereocenters. The Morgan fingerprint density at radius 1 is 1.19 bits per heavy atom. The molecule has 0 aromatic heterocycles. The van der Waals surface area contributed by atoms with Gasteiger partial charge in [-0.05, 0) is 37.5 Å². The highest BCUT2D eigenvalue weighted by molar-refractivity contribution is 6.34. The van der Waals surface area contributed by atoms with Gasteiger partial charge in [-0.25, -0.2) is 0 Å². The van der Waals surface area contributed by atoms with Crippen LogP contribution in [0.4, 0.5) is 0 Å². The van der Waals surface area contributed by atoms with Crippen LogP contribution in [0.5, 0.6) is 11.5 Å². The Kier molecular flexibility index (Phi) is 9.68. The summed E-state index contributed by atoms with van der Waals surface area (Å²) in [5.74, 6) is -0.205. The topological polar surface area (TPSA) is 93.6 Å². The molecule has 0 saturated heterocycles. The summed E-state index contributed by atoms with van der Waals surface area (Å²) < 4.78 is 5.59. The van der Waals surface area contributed by atoms with Crippen molar-refractivity contribution in [3.8, 4) is 11.5 Å². The standard InChI is InChI=1S/C21H26ClNO3.H3N/c1-3-4-8-13-26-18-12-11-17(20(24)19(18)22)21(25)23-15(2)14-16-9-6-5-7-10-16;/h5-7,9-12,15,24H,3-4,8,13-14H2,1-2H3,(H,23,25);1H3/t15-;/m1./s1. The number of unbranched alkanes of at least 4 members (excludes halogenated alkanes) is 2. The van der Waals surface area contributed by atoms with Crippen molar-refractivity contribution in [3.63, 3.8) is 0 Å². The molecule has 0 bridgehead atoms. The van der Waals surface area contributed by atoms with E-state index in [9.17, 15) is 9.90 Å². The van der Waals surface area contributed by atoms with Crippen molar-refractivity contribution in [3.05, 3.63) is 58.6 Å². The lowest BCUT2D eigenvalue weighted by molar-refractivity contribution is 0.0937. The molecule has 2 aromatic rings. The molecule has 0 aliphatic heterocycles. The van der Waals surface area contributed by atoms with E-state index in [1.54, 1.807) is 12.1 Å². The van der Waals surface area contributed by atoms with Gasteiger partial charge in [0.2, 0.25) is 0 Å². The quantitative estimate of drug-likeness (QED) is 0.515. The van der Waals surface area contributed by atoms with Gasteiger partial charge >= 0.3 is 0 Å². The summed E-state index contributed by atoms with van der Waals surface area (Å²) in [6.45, 7) is 4.58. The molecule has 0 saturated carbocycles. The van der Waals surface area contributed by atoms with Gasteiger partial charge in [0, 0.05) is 6.04 Å². The molecule has 2 aromatic carbocycles. The Balaban J connectivity index is 0.00000364. The fraction of sp³-hybridized carbons (Fsp3) is 0.381. The van der Waals surface area contributed by atoms with Crippen LogP contribution in [0, 0.1) is 0 Å². The first-order valence-electron chi connectivity index (χ1n) is 9.02.